The average Bonchev–Trinajstić information content (AvgIpc) is 2.22. The van der Waals surface area contributed by atoms with Crippen LogP contribution in [0.5, 0.6) is 0 Å². The minimum Gasteiger partial charge on any atom is -0.481 e. The van der Waals surface area contributed by atoms with Gasteiger partial charge in [0.05, 0.1) is 12.0 Å². The van der Waals surface area contributed by atoms with Crippen molar-refractivity contribution in [1.29, 1.82) is 0 Å². The standard InChI is InChI=1S/C16H27NO3/c1-11-7-12(9-15(2,3)8-11)14(20)17-16(5-4-6-16)10-13(18)19/h11-12H,4-10H2,1-3H3,(H,17,20)(H,18,19). The summed E-state index contributed by atoms with van der Waals surface area (Å²) in [6.07, 6.45) is 5.68. The lowest BCUT2D eigenvalue weighted by atomic mass is 9.67. The number of hydrogen-bond donors (Lipinski definition) is 2. The van der Waals surface area contributed by atoms with Crippen molar-refractivity contribution in [3.63, 3.8) is 0 Å². The largest absolute Gasteiger partial charge is 0.481 e. The second-order valence-electron chi connectivity index (χ2n) is 7.80. The van der Waals surface area contributed by atoms with Crippen molar-refractivity contribution in [2.75, 3.05) is 0 Å². The Bertz CT molecular complexity index is 399. The second kappa shape index (κ2) is 5.38. The van der Waals surface area contributed by atoms with Gasteiger partial charge in [-0.25, -0.2) is 0 Å². The van der Waals surface area contributed by atoms with E-state index in [9.17, 15) is 9.59 Å². The summed E-state index contributed by atoms with van der Waals surface area (Å²) in [5.41, 5.74) is -0.257. The molecular weight excluding hydrogens is 254 g/mol. The Kier molecular flexibility index (Phi) is 4.12. The summed E-state index contributed by atoms with van der Waals surface area (Å²) in [6.45, 7) is 6.65. The quantitative estimate of drug-likeness (QED) is 0.832. The molecule has 4 nitrogen and oxygen atoms in total. The van der Waals surface area contributed by atoms with Gasteiger partial charge < -0.3 is 10.4 Å². The molecule has 0 saturated heterocycles. The van der Waals surface area contributed by atoms with Crippen molar-refractivity contribution < 1.29 is 14.7 Å². The molecule has 0 bridgehead atoms. The lowest BCUT2D eigenvalue weighted by molar-refractivity contribution is -0.141. The molecule has 2 N–H and O–H groups in total. The molecule has 4 heteroatoms. The van der Waals surface area contributed by atoms with Crippen molar-refractivity contribution in [3.05, 3.63) is 0 Å². The number of nitrogens with one attached hydrogen (secondary N) is 1. The maximum Gasteiger partial charge on any atom is 0.305 e. The zero-order valence-corrected chi connectivity index (χ0v) is 12.9. The van der Waals surface area contributed by atoms with Gasteiger partial charge in [0.2, 0.25) is 5.91 Å². The normalized spacial score (nSPS) is 31.1. The lowest BCUT2D eigenvalue weighted by Gasteiger charge is -2.44. The Morgan fingerprint density at radius 2 is 1.90 bits per heavy atom. The molecule has 0 aliphatic heterocycles. The first-order chi connectivity index (χ1) is 9.21. The minimum absolute atomic E-state index is 0.0417. The number of carbonyl (C=O) groups excluding carboxylic acids is 1. The van der Waals surface area contributed by atoms with Crippen LogP contribution >= 0.6 is 0 Å². The molecule has 1 amide bonds. The predicted molar refractivity (Wildman–Crippen MR) is 77.3 cm³/mol. The Morgan fingerprint density at radius 3 is 2.35 bits per heavy atom. The predicted octanol–water partition coefficient (Wildman–Crippen LogP) is 2.96. The van der Waals surface area contributed by atoms with Crippen molar-refractivity contribution in [3.8, 4) is 0 Å². The van der Waals surface area contributed by atoms with Crippen LogP contribution in [0.3, 0.4) is 0 Å². The molecule has 0 heterocycles. The Hall–Kier alpha value is -1.06. The number of carboxylic acids is 1. The van der Waals surface area contributed by atoms with E-state index in [-0.39, 0.29) is 23.7 Å². The first-order valence-electron chi connectivity index (χ1n) is 7.75. The SMILES string of the molecule is CC1CC(C(=O)NC2(CC(=O)O)CCC2)CC(C)(C)C1. The first kappa shape index (κ1) is 15.3. The maximum absolute atomic E-state index is 12.5. The van der Waals surface area contributed by atoms with E-state index in [1.165, 1.54) is 0 Å². The van der Waals surface area contributed by atoms with Gasteiger partial charge in [-0.2, -0.15) is 0 Å². The zero-order chi connectivity index (χ0) is 15.0. The molecule has 2 aliphatic carbocycles. The van der Waals surface area contributed by atoms with Crippen molar-refractivity contribution >= 4 is 11.9 Å². The third-order valence-corrected chi connectivity index (χ3v) is 4.95. The molecule has 0 spiro atoms. The van der Waals surface area contributed by atoms with E-state index >= 15 is 0 Å². The van der Waals surface area contributed by atoms with Crippen LogP contribution in [0.2, 0.25) is 0 Å². The van der Waals surface area contributed by atoms with Crippen LogP contribution in [0.4, 0.5) is 0 Å². The molecule has 2 rings (SSSR count). The summed E-state index contributed by atoms with van der Waals surface area (Å²) >= 11 is 0. The van der Waals surface area contributed by atoms with E-state index in [1.807, 2.05) is 0 Å². The molecule has 2 atom stereocenters. The highest BCUT2D eigenvalue weighted by Gasteiger charge is 2.43. The molecule has 0 aromatic heterocycles. The fourth-order valence-electron chi connectivity index (χ4n) is 4.15. The first-order valence-corrected chi connectivity index (χ1v) is 7.75. The van der Waals surface area contributed by atoms with E-state index in [4.69, 9.17) is 5.11 Å². The number of carbonyl (C=O) groups is 2. The molecular formula is C16H27NO3. The zero-order valence-electron chi connectivity index (χ0n) is 12.9. The topological polar surface area (TPSA) is 66.4 Å². The molecule has 2 aliphatic rings. The van der Waals surface area contributed by atoms with Crippen LogP contribution < -0.4 is 5.32 Å². The molecule has 2 unspecified atom stereocenters. The fourth-order valence-corrected chi connectivity index (χ4v) is 4.15. The van der Waals surface area contributed by atoms with Crippen LogP contribution in [0.15, 0.2) is 0 Å². The molecule has 0 aromatic rings. The Labute approximate surface area is 121 Å². The van der Waals surface area contributed by atoms with Crippen LogP contribution in [0, 0.1) is 17.3 Å². The highest BCUT2D eigenvalue weighted by atomic mass is 16.4. The summed E-state index contributed by atoms with van der Waals surface area (Å²) in [5.74, 6) is -0.140. The van der Waals surface area contributed by atoms with Crippen LogP contribution in [-0.4, -0.2) is 22.5 Å². The van der Waals surface area contributed by atoms with Crippen LogP contribution in [0.25, 0.3) is 0 Å². The number of hydrogen-bond acceptors (Lipinski definition) is 2. The van der Waals surface area contributed by atoms with E-state index in [0.717, 1.165) is 38.5 Å². The van der Waals surface area contributed by atoms with Gasteiger partial charge in [0.25, 0.3) is 0 Å². The van der Waals surface area contributed by atoms with Crippen molar-refractivity contribution in [1.82, 2.24) is 5.32 Å². The van der Waals surface area contributed by atoms with Gasteiger partial charge in [-0.1, -0.05) is 20.8 Å². The monoisotopic (exact) mass is 281 g/mol. The molecule has 20 heavy (non-hydrogen) atoms. The van der Waals surface area contributed by atoms with E-state index in [1.54, 1.807) is 0 Å². The minimum atomic E-state index is -0.817. The van der Waals surface area contributed by atoms with Crippen molar-refractivity contribution in [2.45, 2.75) is 71.3 Å². The molecule has 114 valence electrons. The van der Waals surface area contributed by atoms with E-state index in [0.29, 0.717) is 5.92 Å². The van der Waals surface area contributed by atoms with Gasteiger partial charge in [0, 0.05) is 5.92 Å². The van der Waals surface area contributed by atoms with Crippen LogP contribution in [-0.2, 0) is 9.59 Å². The maximum atomic E-state index is 12.5. The van der Waals surface area contributed by atoms with Crippen molar-refractivity contribution in [2.24, 2.45) is 17.3 Å². The fraction of sp³-hybridized carbons (Fsp3) is 0.875. The molecule has 0 radical (unpaired) electrons. The Balaban J connectivity index is 1.98. The van der Waals surface area contributed by atoms with Gasteiger partial charge in [-0.15, -0.1) is 0 Å². The number of carboxylic acid groups (broad SMARTS) is 1. The third-order valence-electron chi connectivity index (χ3n) is 4.95. The van der Waals surface area contributed by atoms with Gasteiger partial charge in [0.1, 0.15) is 0 Å². The second-order valence-corrected chi connectivity index (χ2v) is 7.80. The number of rotatable bonds is 4. The van der Waals surface area contributed by atoms with Gasteiger partial charge >= 0.3 is 5.97 Å². The van der Waals surface area contributed by atoms with E-state index < -0.39 is 11.5 Å². The van der Waals surface area contributed by atoms with E-state index in [2.05, 4.69) is 26.1 Å². The van der Waals surface area contributed by atoms with Gasteiger partial charge in [0.15, 0.2) is 0 Å². The number of aliphatic carboxylic acids is 1. The average molecular weight is 281 g/mol. The highest BCUT2D eigenvalue weighted by Crippen LogP contribution is 2.42. The molecule has 2 fully saturated rings. The molecule has 2 saturated carbocycles. The Morgan fingerprint density at radius 1 is 1.25 bits per heavy atom. The summed E-state index contributed by atoms with van der Waals surface area (Å²) in [4.78, 5) is 23.5. The number of amides is 1. The van der Waals surface area contributed by atoms with Crippen LogP contribution in [0.1, 0.15) is 65.7 Å². The highest BCUT2D eigenvalue weighted by molar-refractivity contribution is 5.81. The third kappa shape index (κ3) is 3.53. The van der Waals surface area contributed by atoms with Gasteiger partial charge in [-0.05, 0) is 49.9 Å². The summed E-state index contributed by atoms with van der Waals surface area (Å²) in [5, 5.41) is 12.1. The summed E-state index contributed by atoms with van der Waals surface area (Å²) < 4.78 is 0. The molecule has 0 aromatic carbocycles. The van der Waals surface area contributed by atoms with Gasteiger partial charge in [-0.3, -0.25) is 9.59 Å². The lowest BCUT2D eigenvalue weighted by Crippen LogP contribution is -2.56. The summed E-state index contributed by atoms with van der Waals surface area (Å²) in [6, 6.07) is 0. The smallest absolute Gasteiger partial charge is 0.305 e. The summed E-state index contributed by atoms with van der Waals surface area (Å²) in [7, 11) is 0.